The molecule has 5 heavy (non-hydrogen) atoms. The fraction of sp³-hybridized carbons (Fsp3) is 1.00. The van der Waals surface area contributed by atoms with E-state index in [0.29, 0.717) is 0 Å². The monoisotopic (exact) mass is 267 g/mol. The summed E-state index contributed by atoms with van der Waals surface area (Å²) in [4.78, 5) is 0. The van der Waals surface area contributed by atoms with Crippen LogP contribution >= 0.6 is 0 Å². The quantitative estimate of drug-likeness (QED) is 0.666. The normalized spacial score (nSPS) is 8.40. The van der Waals surface area contributed by atoms with Crippen LogP contribution in [0.2, 0.25) is 8.26 Å². The van der Waals surface area contributed by atoms with E-state index in [1.165, 1.54) is 8.26 Å². The van der Waals surface area contributed by atoms with Gasteiger partial charge >= 0.3 is 45.3 Å². The summed E-state index contributed by atoms with van der Waals surface area (Å²) < 4.78 is 3.05. The molecular weight excluding hydrogens is 257 g/mol. The van der Waals surface area contributed by atoms with Crippen LogP contribution in [0.25, 0.3) is 0 Å². The molecule has 0 aliphatic carbocycles. The molecule has 0 unspecified atom stereocenters. The van der Waals surface area contributed by atoms with E-state index >= 15 is 0 Å². The number of hydrogen-bond donors (Lipinski definition) is 0. The summed E-state index contributed by atoms with van der Waals surface area (Å²) in [6, 6.07) is 0. The van der Waals surface area contributed by atoms with Crippen LogP contribution in [-0.4, -0.2) is 23.2 Å². The Morgan fingerprint density at radius 1 is 1.20 bits per heavy atom. The van der Waals surface area contributed by atoms with Gasteiger partial charge in [-0.3, -0.25) is 0 Å². The third-order valence-corrected chi connectivity index (χ3v) is 3.92. The fourth-order valence-electron chi connectivity index (χ4n) is 0.224. The number of rotatable bonds is 2. The molecule has 1 radical (unpaired) electrons. The van der Waals surface area contributed by atoms with Crippen molar-refractivity contribution in [2.45, 2.75) is 22.1 Å². The molecule has 0 atom stereocenters. The van der Waals surface area contributed by atoms with Crippen LogP contribution in [-0.2, 0) is 0 Å². The molecule has 0 aliphatic heterocycles. The van der Waals surface area contributed by atoms with Crippen molar-refractivity contribution in [2.24, 2.45) is 0 Å². The van der Waals surface area contributed by atoms with E-state index in [4.69, 9.17) is 0 Å². The molecule has 0 aromatic carbocycles. The molecule has 0 aliphatic rings. The average Bonchev–Trinajstić information content (AvgIpc) is 1.41. The topological polar surface area (TPSA) is 0 Å². The minimum atomic E-state index is 0.145. The zero-order chi connectivity index (χ0) is 4.12. The molecule has 0 spiro atoms. The second-order valence-corrected chi connectivity index (χ2v) is 7.51. The molecule has 0 rings (SSSR count). The van der Waals surface area contributed by atoms with Crippen LogP contribution in [0.5, 0.6) is 0 Å². The Hall–Kier alpha value is 0.883. The van der Waals surface area contributed by atoms with Gasteiger partial charge in [-0.15, -0.1) is 0 Å². The van der Waals surface area contributed by atoms with E-state index in [0.717, 1.165) is 0 Å². The van der Waals surface area contributed by atoms with Gasteiger partial charge in [0.1, 0.15) is 0 Å². The summed E-state index contributed by atoms with van der Waals surface area (Å²) in [5, 5.41) is 0. The zero-order valence-electron chi connectivity index (χ0n) is 3.86. The Labute approximate surface area is 45.5 Å². The summed E-state index contributed by atoms with van der Waals surface area (Å²) in [6.07, 6.45) is 0. The van der Waals surface area contributed by atoms with Crippen molar-refractivity contribution in [3.63, 3.8) is 0 Å². The molecule has 0 aromatic rings. The van der Waals surface area contributed by atoms with Crippen molar-refractivity contribution < 1.29 is 0 Å². The molecule has 0 bridgehead atoms. The molecule has 0 aromatic heterocycles. The maximum atomic E-state index is 2.29. The maximum absolute atomic E-state index is 2.29. The molecular formula is C4H10Bi. The first-order chi connectivity index (χ1) is 2.41. The van der Waals surface area contributed by atoms with E-state index < -0.39 is 0 Å². The van der Waals surface area contributed by atoms with Gasteiger partial charge in [0.15, 0.2) is 0 Å². The molecule has 0 nitrogen and oxygen atoms in total. The minimum absolute atomic E-state index is 0.145. The fourth-order valence-corrected chi connectivity index (χ4v) is 1.96. The Morgan fingerprint density at radius 3 is 1.60 bits per heavy atom. The van der Waals surface area contributed by atoms with Crippen molar-refractivity contribution in [1.82, 2.24) is 0 Å². The molecule has 0 amide bonds. The van der Waals surface area contributed by atoms with Crippen LogP contribution in [0.3, 0.4) is 0 Å². The van der Waals surface area contributed by atoms with Gasteiger partial charge in [-0.2, -0.15) is 0 Å². The summed E-state index contributed by atoms with van der Waals surface area (Å²) in [7, 11) is 0. The van der Waals surface area contributed by atoms with Crippen LogP contribution in [0.4, 0.5) is 0 Å². The van der Waals surface area contributed by atoms with Crippen LogP contribution in [0, 0.1) is 0 Å². The number of hydrogen-bond acceptors (Lipinski definition) is 0. The average molecular weight is 267 g/mol. The summed E-state index contributed by atoms with van der Waals surface area (Å²) in [5.74, 6) is 0. The third-order valence-electron chi connectivity index (χ3n) is 0.447. The van der Waals surface area contributed by atoms with E-state index in [9.17, 15) is 0 Å². The van der Waals surface area contributed by atoms with E-state index in [-0.39, 0.29) is 23.2 Å². The van der Waals surface area contributed by atoms with Crippen molar-refractivity contribution in [3.05, 3.63) is 0 Å². The molecule has 31 valence electrons. The van der Waals surface area contributed by atoms with E-state index in [1.54, 1.807) is 0 Å². The second-order valence-electron chi connectivity index (χ2n) is 0.856. The van der Waals surface area contributed by atoms with Gasteiger partial charge in [0.25, 0.3) is 0 Å². The second kappa shape index (κ2) is 4.88. The molecule has 1 heteroatoms. The van der Waals surface area contributed by atoms with Gasteiger partial charge < -0.3 is 0 Å². The molecule has 0 saturated heterocycles. The Balaban J connectivity index is 2.19. The van der Waals surface area contributed by atoms with Gasteiger partial charge in [0, 0.05) is 0 Å². The van der Waals surface area contributed by atoms with Crippen molar-refractivity contribution in [3.8, 4) is 0 Å². The Kier molecular flexibility index (Phi) is 5.75. The van der Waals surface area contributed by atoms with Crippen LogP contribution in [0.1, 0.15) is 13.8 Å². The Morgan fingerprint density at radius 2 is 1.60 bits per heavy atom. The SMILES string of the molecule is C[CH2][Bi][CH2]C. The van der Waals surface area contributed by atoms with Crippen molar-refractivity contribution in [1.29, 1.82) is 0 Å². The molecule has 0 fully saturated rings. The first kappa shape index (κ1) is 5.88. The van der Waals surface area contributed by atoms with Crippen molar-refractivity contribution in [2.75, 3.05) is 0 Å². The van der Waals surface area contributed by atoms with Crippen molar-refractivity contribution >= 4 is 23.2 Å². The summed E-state index contributed by atoms with van der Waals surface area (Å²) in [6.45, 7) is 4.58. The van der Waals surface area contributed by atoms with E-state index in [2.05, 4.69) is 13.8 Å². The van der Waals surface area contributed by atoms with Gasteiger partial charge in [-0.25, -0.2) is 0 Å². The van der Waals surface area contributed by atoms with Crippen LogP contribution < -0.4 is 0 Å². The van der Waals surface area contributed by atoms with E-state index in [1.807, 2.05) is 0 Å². The molecule has 0 saturated carbocycles. The summed E-state index contributed by atoms with van der Waals surface area (Å²) in [5.41, 5.74) is 0. The van der Waals surface area contributed by atoms with Gasteiger partial charge in [-0.05, 0) is 0 Å². The first-order valence-corrected chi connectivity index (χ1v) is 6.96. The first-order valence-electron chi connectivity index (χ1n) is 2.05. The Bertz CT molecular complexity index is 11.1. The molecule has 0 heterocycles. The summed E-state index contributed by atoms with van der Waals surface area (Å²) >= 11 is 0.145. The predicted octanol–water partition coefficient (Wildman–Crippen LogP) is 1.57. The predicted molar refractivity (Wildman–Crippen MR) is 26.7 cm³/mol. The zero-order valence-corrected chi connectivity index (χ0v) is 7.34. The van der Waals surface area contributed by atoms with Gasteiger partial charge in [-0.1, -0.05) is 0 Å². The molecule has 0 N–H and O–H groups in total. The van der Waals surface area contributed by atoms with Gasteiger partial charge in [0.05, 0.1) is 0 Å². The van der Waals surface area contributed by atoms with Gasteiger partial charge in [0.2, 0.25) is 0 Å². The third kappa shape index (κ3) is 4.88. The van der Waals surface area contributed by atoms with Crippen LogP contribution in [0.15, 0.2) is 0 Å². The standard InChI is InChI=1S/2C2H5.Bi/c2*1-2;/h2*1H2,2H3;.